The SMILES string of the molecule is CC(C)(C)NCCN1C(=O)N2C(c3cccc(O)c3)c3[nH]c4ccc(Br)cc4c3CC2(C)C1=O. The molecule has 1 fully saturated rings. The van der Waals surface area contributed by atoms with E-state index in [9.17, 15) is 14.7 Å². The first kappa shape index (κ1) is 22.9. The summed E-state index contributed by atoms with van der Waals surface area (Å²) in [5.74, 6) is -0.0669. The molecular weight excluding hydrogens is 496 g/mol. The number of hydrogen-bond donors (Lipinski definition) is 3. The fourth-order valence-corrected chi connectivity index (χ4v) is 5.63. The number of rotatable bonds is 4. The molecule has 3 aromatic rings. The average Bonchev–Trinajstić information content (AvgIpc) is 3.19. The number of imide groups is 1. The summed E-state index contributed by atoms with van der Waals surface area (Å²) in [4.78, 5) is 34.1. The minimum atomic E-state index is -1.03. The van der Waals surface area contributed by atoms with Crippen LogP contribution in [0.15, 0.2) is 46.9 Å². The second kappa shape index (κ2) is 7.85. The number of H-pyrrole nitrogens is 1. The number of amides is 3. The van der Waals surface area contributed by atoms with Gasteiger partial charge in [0.25, 0.3) is 5.91 Å². The Morgan fingerprint density at radius 1 is 1.21 bits per heavy atom. The number of nitrogens with one attached hydrogen (secondary N) is 2. The first-order chi connectivity index (χ1) is 16.0. The van der Waals surface area contributed by atoms with Crippen molar-refractivity contribution in [1.29, 1.82) is 0 Å². The summed E-state index contributed by atoms with van der Waals surface area (Å²) in [6, 6.07) is 12.1. The van der Waals surface area contributed by atoms with Gasteiger partial charge in [0.2, 0.25) is 0 Å². The van der Waals surface area contributed by atoms with Gasteiger partial charge in [-0.1, -0.05) is 28.1 Å². The highest BCUT2D eigenvalue weighted by Gasteiger charge is 2.60. The van der Waals surface area contributed by atoms with Gasteiger partial charge >= 0.3 is 6.03 Å². The standard InChI is InChI=1S/C26H29BrN4O3/c1-25(2,3)28-10-11-30-23(33)26(4)14-19-18-13-16(27)8-9-20(18)29-21(19)22(31(26)24(30)34)15-6-5-7-17(32)12-15/h5-9,12-13,22,28-29,32H,10-11,14H2,1-4H3. The van der Waals surface area contributed by atoms with Gasteiger partial charge in [0.15, 0.2) is 0 Å². The summed E-state index contributed by atoms with van der Waals surface area (Å²) in [6.45, 7) is 8.84. The van der Waals surface area contributed by atoms with E-state index in [0.717, 1.165) is 32.2 Å². The normalized spacial score (nSPS) is 22.4. The van der Waals surface area contributed by atoms with Crippen LogP contribution in [-0.2, 0) is 11.2 Å². The van der Waals surface area contributed by atoms with Crippen LogP contribution >= 0.6 is 15.9 Å². The number of nitrogens with zero attached hydrogens (tertiary/aromatic N) is 2. The van der Waals surface area contributed by atoms with Crippen molar-refractivity contribution < 1.29 is 14.7 Å². The van der Waals surface area contributed by atoms with Crippen LogP contribution in [-0.4, -0.2) is 56.0 Å². The van der Waals surface area contributed by atoms with Crippen molar-refractivity contribution in [3.63, 3.8) is 0 Å². The van der Waals surface area contributed by atoms with Crippen molar-refractivity contribution in [2.75, 3.05) is 13.1 Å². The van der Waals surface area contributed by atoms with E-state index in [1.54, 1.807) is 23.1 Å². The van der Waals surface area contributed by atoms with Gasteiger partial charge in [0, 0.05) is 46.1 Å². The van der Waals surface area contributed by atoms with Crippen molar-refractivity contribution in [3.8, 4) is 5.75 Å². The average molecular weight is 525 g/mol. The highest BCUT2D eigenvalue weighted by Crippen LogP contribution is 2.49. The number of fused-ring (bicyclic) bond motifs is 4. The number of aromatic hydroxyl groups is 1. The molecule has 0 saturated carbocycles. The lowest BCUT2D eigenvalue weighted by atomic mass is 9.81. The molecule has 8 heteroatoms. The van der Waals surface area contributed by atoms with E-state index in [2.05, 4.69) is 53.1 Å². The van der Waals surface area contributed by atoms with Crippen LogP contribution in [0.25, 0.3) is 10.9 Å². The molecular formula is C26H29BrN4O3. The number of phenols is 1. The molecule has 7 nitrogen and oxygen atoms in total. The third kappa shape index (κ3) is 3.60. The molecule has 2 unspecified atom stereocenters. The van der Waals surface area contributed by atoms with Crippen LogP contribution in [0.2, 0.25) is 0 Å². The zero-order valence-electron chi connectivity index (χ0n) is 19.8. The highest BCUT2D eigenvalue weighted by molar-refractivity contribution is 9.10. The van der Waals surface area contributed by atoms with E-state index in [1.165, 1.54) is 4.90 Å². The number of benzene rings is 2. The lowest BCUT2D eigenvalue weighted by Gasteiger charge is -2.42. The largest absolute Gasteiger partial charge is 0.508 e. The van der Waals surface area contributed by atoms with Crippen molar-refractivity contribution in [2.45, 2.75) is 51.2 Å². The molecule has 34 heavy (non-hydrogen) atoms. The topological polar surface area (TPSA) is 88.7 Å². The number of hydrogen-bond acceptors (Lipinski definition) is 4. The van der Waals surface area contributed by atoms with Crippen LogP contribution in [0.1, 0.15) is 50.6 Å². The monoisotopic (exact) mass is 524 g/mol. The Morgan fingerprint density at radius 2 is 1.97 bits per heavy atom. The van der Waals surface area contributed by atoms with Crippen molar-refractivity contribution in [2.24, 2.45) is 0 Å². The maximum Gasteiger partial charge on any atom is 0.328 e. The predicted molar refractivity (Wildman–Crippen MR) is 135 cm³/mol. The van der Waals surface area contributed by atoms with Crippen LogP contribution in [0, 0.1) is 0 Å². The van der Waals surface area contributed by atoms with E-state index in [-0.39, 0.29) is 23.2 Å². The number of aromatic nitrogens is 1. The number of phenolic OH excluding ortho intramolecular Hbond substituents is 1. The number of halogens is 1. The van der Waals surface area contributed by atoms with Gasteiger partial charge < -0.3 is 15.4 Å². The summed E-state index contributed by atoms with van der Waals surface area (Å²) in [7, 11) is 0. The van der Waals surface area contributed by atoms with E-state index >= 15 is 0 Å². The Bertz CT molecular complexity index is 1310. The van der Waals surface area contributed by atoms with Crippen LogP contribution in [0.3, 0.4) is 0 Å². The molecule has 2 atom stereocenters. The van der Waals surface area contributed by atoms with Crippen molar-refractivity contribution >= 4 is 38.8 Å². The molecule has 2 aliphatic rings. The van der Waals surface area contributed by atoms with Crippen LogP contribution < -0.4 is 5.32 Å². The number of carbonyl (C=O) groups is 2. The molecule has 3 N–H and O–H groups in total. The van der Waals surface area contributed by atoms with Gasteiger partial charge in [0.1, 0.15) is 17.3 Å². The lowest BCUT2D eigenvalue weighted by molar-refractivity contribution is -0.133. The van der Waals surface area contributed by atoms with Gasteiger partial charge in [-0.3, -0.25) is 14.6 Å². The minimum absolute atomic E-state index is 0.114. The van der Waals surface area contributed by atoms with E-state index in [0.29, 0.717) is 19.5 Å². The Balaban J connectivity index is 1.64. The molecule has 0 spiro atoms. The smallest absolute Gasteiger partial charge is 0.328 e. The number of carbonyl (C=O) groups excluding carboxylic acids is 2. The summed E-state index contributed by atoms with van der Waals surface area (Å²) in [6.07, 6.45) is 0.419. The molecule has 0 aliphatic carbocycles. The minimum Gasteiger partial charge on any atom is -0.508 e. The molecule has 0 bridgehead atoms. The first-order valence-corrected chi connectivity index (χ1v) is 12.3. The summed E-state index contributed by atoms with van der Waals surface area (Å²) in [5.41, 5.74) is 2.48. The van der Waals surface area contributed by atoms with Crippen molar-refractivity contribution in [1.82, 2.24) is 20.1 Å². The molecule has 2 aliphatic heterocycles. The second-order valence-corrected chi connectivity index (χ2v) is 11.4. The number of aromatic amines is 1. The fourth-order valence-electron chi connectivity index (χ4n) is 5.27. The number of urea groups is 1. The molecule has 5 rings (SSSR count). The van der Waals surface area contributed by atoms with Gasteiger partial charge in [-0.25, -0.2) is 4.79 Å². The van der Waals surface area contributed by atoms with E-state index in [1.807, 2.05) is 25.1 Å². The maximum absolute atomic E-state index is 13.8. The van der Waals surface area contributed by atoms with Gasteiger partial charge in [-0.15, -0.1) is 0 Å². The molecule has 0 radical (unpaired) electrons. The Hall–Kier alpha value is -2.84. The van der Waals surface area contributed by atoms with Crippen LogP contribution in [0.5, 0.6) is 5.75 Å². The Labute approximate surface area is 207 Å². The fraction of sp³-hybridized carbons (Fsp3) is 0.385. The molecule has 1 aromatic heterocycles. The summed E-state index contributed by atoms with van der Waals surface area (Å²) in [5, 5.41) is 14.6. The Morgan fingerprint density at radius 3 is 2.68 bits per heavy atom. The third-order valence-corrected chi connectivity index (χ3v) is 7.30. The van der Waals surface area contributed by atoms with Crippen molar-refractivity contribution in [3.05, 3.63) is 63.8 Å². The van der Waals surface area contributed by atoms with E-state index < -0.39 is 11.6 Å². The second-order valence-electron chi connectivity index (χ2n) is 10.4. The van der Waals surface area contributed by atoms with Gasteiger partial charge in [0.05, 0.1) is 0 Å². The molecule has 1 saturated heterocycles. The summed E-state index contributed by atoms with van der Waals surface area (Å²) >= 11 is 3.57. The lowest BCUT2D eigenvalue weighted by Crippen LogP contribution is -2.53. The van der Waals surface area contributed by atoms with Crippen LogP contribution in [0.4, 0.5) is 4.79 Å². The Kier molecular flexibility index (Phi) is 5.29. The molecule has 3 amide bonds. The third-order valence-electron chi connectivity index (χ3n) is 6.81. The summed E-state index contributed by atoms with van der Waals surface area (Å²) < 4.78 is 0.951. The van der Waals surface area contributed by atoms with E-state index in [4.69, 9.17) is 0 Å². The van der Waals surface area contributed by atoms with Gasteiger partial charge in [-0.2, -0.15) is 0 Å². The molecule has 2 aromatic carbocycles. The maximum atomic E-state index is 13.8. The first-order valence-electron chi connectivity index (χ1n) is 11.5. The quantitative estimate of drug-likeness (QED) is 0.432. The predicted octanol–water partition coefficient (Wildman–Crippen LogP) is 4.69. The zero-order chi connectivity index (χ0) is 24.4. The molecule has 178 valence electrons. The van der Waals surface area contributed by atoms with Gasteiger partial charge in [-0.05, 0) is 69.2 Å². The zero-order valence-corrected chi connectivity index (χ0v) is 21.4. The highest BCUT2D eigenvalue weighted by atomic mass is 79.9. The molecule has 3 heterocycles.